The smallest absolute Gasteiger partial charge is 0.346 e. The van der Waals surface area contributed by atoms with Gasteiger partial charge in [0.25, 0.3) is 0 Å². The molecule has 4 rings (SSSR count). The second kappa shape index (κ2) is 8.18. The predicted molar refractivity (Wildman–Crippen MR) is 93.7 cm³/mol. The number of hydrogen-bond acceptors (Lipinski definition) is 7. The summed E-state index contributed by atoms with van der Waals surface area (Å²) in [7, 11) is 0. The molecule has 0 amide bonds. The molecule has 0 aromatic heterocycles. The molecule has 0 unspecified atom stereocenters. The van der Waals surface area contributed by atoms with Gasteiger partial charge in [0.1, 0.15) is 0 Å². The quantitative estimate of drug-likeness (QED) is 0.432. The zero-order valence-corrected chi connectivity index (χ0v) is 14.9. The van der Waals surface area contributed by atoms with E-state index in [1.54, 1.807) is 24.3 Å². The molecule has 0 bridgehead atoms. The topological polar surface area (TPSA) is 104 Å². The Balaban J connectivity index is 0.000000181. The minimum absolute atomic E-state index is 0.153. The summed E-state index contributed by atoms with van der Waals surface area (Å²) in [6.07, 6.45) is 0. The zero-order chi connectivity index (χ0) is 20.1. The number of fused-ring (bicyclic) bond motifs is 2. The lowest BCUT2D eigenvalue weighted by Crippen LogP contribution is -1.98. The van der Waals surface area contributed by atoms with Crippen LogP contribution in [-0.2, 0) is 9.47 Å². The Morgan fingerprint density at radius 3 is 1.52 bits per heavy atom. The molecule has 7 nitrogen and oxygen atoms in total. The number of rotatable bonds is 1. The number of esters is 4. The number of ether oxygens (including phenoxy) is 2. The standard InChI is InChI=1S/C10H6O4.C8H4O3.C2H6/c1-5(11)6-2-3-7-8(4-6)10(13)14-9(7)12;9-7-5-3-1-2-4-6(5)8(10)11-7;1-2/h2-4H,1H3;1-4H;1-2H3. The van der Waals surface area contributed by atoms with Crippen molar-refractivity contribution >= 4 is 29.7 Å². The van der Waals surface area contributed by atoms with E-state index < -0.39 is 23.9 Å². The van der Waals surface area contributed by atoms with Crippen LogP contribution in [0.1, 0.15) is 72.6 Å². The highest BCUT2D eigenvalue weighted by Gasteiger charge is 2.30. The first-order valence-corrected chi connectivity index (χ1v) is 8.15. The third-order valence-corrected chi connectivity index (χ3v) is 3.60. The van der Waals surface area contributed by atoms with E-state index in [1.807, 2.05) is 13.8 Å². The number of Topliss-reactive ketones (excluding diaryl/α,β-unsaturated/α-hetero) is 1. The predicted octanol–water partition coefficient (Wildman–Crippen LogP) is 3.22. The van der Waals surface area contributed by atoms with Crippen LogP contribution < -0.4 is 0 Å². The number of cyclic esters (lactones) is 4. The largest absolute Gasteiger partial charge is 0.386 e. The number of carbonyl (C=O) groups is 5. The normalized spacial score (nSPS) is 13.3. The Morgan fingerprint density at radius 2 is 1.07 bits per heavy atom. The van der Waals surface area contributed by atoms with Gasteiger partial charge in [0.15, 0.2) is 5.78 Å². The summed E-state index contributed by atoms with van der Waals surface area (Å²) in [5, 5.41) is 0. The number of ketones is 1. The lowest BCUT2D eigenvalue weighted by atomic mass is 10.0. The maximum absolute atomic E-state index is 11.1. The number of carbonyl (C=O) groups excluding carboxylic acids is 5. The number of hydrogen-bond donors (Lipinski definition) is 0. The molecule has 2 aliphatic rings. The van der Waals surface area contributed by atoms with Gasteiger partial charge in [0.05, 0.1) is 22.3 Å². The number of benzene rings is 2. The molecular formula is C20H16O7. The summed E-state index contributed by atoms with van der Waals surface area (Å²) in [5.74, 6) is -2.59. The van der Waals surface area contributed by atoms with Gasteiger partial charge in [-0.3, -0.25) is 4.79 Å². The van der Waals surface area contributed by atoms with Crippen LogP contribution in [0.4, 0.5) is 0 Å². The Bertz CT molecular complexity index is 924. The second-order valence-electron chi connectivity index (χ2n) is 5.22. The lowest BCUT2D eigenvalue weighted by Gasteiger charge is -1.95. The Kier molecular flexibility index (Phi) is 5.97. The molecule has 0 fully saturated rings. The lowest BCUT2D eigenvalue weighted by molar-refractivity contribution is 0.0425. The van der Waals surface area contributed by atoms with Crippen molar-refractivity contribution in [3.8, 4) is 0 Å². The van der Waals surface area contributed by atoms with Crippen LogP contribution in [0.5, 0.6) is 0 Å². The monoisotopic (exact) mass is 368 g/mol. The molecule has 2 aliphatic heterocycles. The van der Waals surface area contributed by atoms with Crippen LogP contribution >= 0.6 is 0 Å². The molecule has 27 heavy (non-hydrogen) atoms. The van der Waals surface area contributed by atoms with Crippen molar-refractivity contribution in [2.45, 2.75) is 20.8 Å². The van der Waals surface area contributed by atoms with E-state index in [9.17, 15) is 24.0 Å². The van der Waals surface area contributed by atoms with Crippen LogP contribution in [0.15, 0.2) is 42.5 Å². The van der Waals surface area contributed by atoms with Crippen molar-refractivity contribution in [3.05, 3.63) is 70.3 Å². The van der Waals surface area contributed by atoms with Crippen LogP contribution in [-0.4, -0.2) is 29.7 Å². The maximum atomic E-state index is 11.1. The van der Waals surface area contributed by atoms with Crippen LogP contribution in [0.25, 0.3) is 0 Å². The third kappa shape index (κ3) is 3.98. The van der Waals surface area contributed by atoms with E-state index in [0.29, 0.717) is 16.7 Å². The van der Waals surface area contributed by atoms with Gasteiger partial charge in [-0.05, 0) is 31.2 Å². The van der Waals surface area contributed by atoms with E-state index in [-0.39, 0.29) is 16.9 Å². The summed E-state index contributed by atoms with van der Waals surface area (Å²) in [4.78, 5) is 54.8. The molecule has 0 radical (unpaired) electrons. The van der Waals surface area contributed by atoms with Crippen molar-refractivity contribution in [2.75, 3.05) is 0 Å². The van der Waals surface area contributed by atoms with Crippen molar-refractivity contribution in [1.82, 2.24) is 0 Å². The van der Waals surface area contributed by atoms with Crippen molar-refractivity contribution < 1.29 is 33.4 Å². The van der Waals surface area contributed by atoms with Gasteiger partial charge in [-0.25, -0.2) is 19.2 Å². The minimum Gasteiger partial charge on any atom is -0.386 e. The molecule has 0 saturated heterocycles. The highest BCUT2D eigenvalue weighted by Crippen LogP contribution is 2.21. The molecule has 138 valence electrons. The molecule has 0 aliphatic carbocycles. The fourth-order valence-electron chi connectivity index (χ4n) is 2.34. The average molecular weight is 368 g/mol. The average Bonchev–Trinajstić information content (AvgIpc) is 3.13. The first-order chi connectivity index (χ1) is 12.9. The maximum Gasteiger partial charge on any atom is 0.346 e. The fourth-order valence-corrected chi connectivity index (χ4v) is 2.34. The van der Waals surface area contributed by atoms with Gasteiger partial charge in [0, 0.05) is 5.56 Å². The van der Waals surface area contributed by atoms with Gasteiger partial charge in [-0.15, -0.1) is 0 Å². The van der Waals surface area contributed by atoms with Crippen LogP contribution in [0.2, 0.25) is 0 Å². The molecule has 2 heterocycles. The molecule has 7 heteroatoms. The van der Waals surface area contributed by atoms with E-state index in [0.717, 1.165) is 0 Å². The van der Waals surface area contributed by atoms with E-state index in [1.165, 1.54) is 25.1 Å². The van der Waals surface area contributed by atoms with E-state index in [4.69, 9.17) is 0 Å². The molecule has 0 saturated carbocycles. The van der Waals surface area contributed by atoms with Gasteiger partial charge in [0.2, 0.25) is 0 Å². The van der Waals surface area contributed by atoms with Crippen LogP contribution in [0, 0.1) is 0 Å². The highest BCUT2D eigenvalue weighted by atomic mass is 16.6. The van der Waals surface area contributed by atoms with Gasteiger partial charge >= 0.3 is 23.9 Å². The highest BCUT2D eigenvalue weighted by molar-refractivity contribution is 6.16. The summed E-state index contributed by atoms with van der Waals surface area (Å²) >= 11 is 0. The summed E-state index contributed by atoms with van der Waals surface area (Å²) in [5.41, 5.74) is 1.51. The van der Waals surface area contributed by atoms with E-state index >= 15 is 0 Å². The molecule has 2 aromatic carbocycles. The second-order valence-corrected chi connectivity index (χ2v) is 5.22. The molecule has 0 N–H and O–H groups in total. The summed E-state index contributed by atoms with van der Waals surface area (Å²) < 4.78 is 8.73. The van der Waals surface area contributed by atoms with Gasteiger partial charge in [-0.1, -0.05) is 32.0 Å². The minimum atomic E-state index is -0.687. The molecule has 0 spiro atoms. The summed E-state index contributed by atoms with van der Waals surface area (Å²) in [6.45, 7) is 5.39. The Morgan fingerprint density at radius 1 is 0.667 bits per heavy atom. The molecular weight excluding hydrogens is 352 g/mol. The van der Waals surface area contributed by atoms with Crippen molar-refractivity contribution in [1.29, 1.82) is 0 Å². The zero-order valence-electron chi connectivity index (χ0n) is 14.9. The molecule has 0 atom stereocenters. The Labute approximate surface area is 154 Å². The van der Waals surface area contributed by atoms with Crippen molar-refractivity contribution in [3.63, 3.8) is 0 Å². The van der Waals surface area contributed by atoms with E-state index in [2.05, 4.69) is 9.47 Å². The third-order valence-electron chi connectivity index (χ3n) is 3.60. The first-order valence-electron chi connectivity index (χ1n) is 8.15. The van der Waals surface area contributed by atoms with Crippen LogP contribution in [0.3, 0.4) is 0 Å². The van der Waals surface area contributed by atoms with Crippen molar-refractivity contribution in [2.24, 2.45) is 0 Å². The van der Waals surface area contributed by atoms with Gasteiger partial charge < -0.3 is 9.47 Å². The fraction of sp³-hybridized carbons (Fsp3) is 0.150. The van der Waals surface area contributed by atoms with Gasteiger partial charge in [-0.2, -0.15) is 0 Å². The molecule has 2 aromatic rings. The Hall–Kier alpha value is -3.61. The summed E-state index contributed by atoms with van der Waals surface area (Å²) in [6, 6.07) is 10.8. The first kappa shape index (κ1) is 19.7. The SMILES string of the molecule is CC.CC(=O)c1ccc2c(c1)C(=O)OC2=O.O=C1OC(=O)c2ccccc21.